The van der Waals surface area contributed by atoms with Crippen molar-refractivity contribution in [3.8, 4) is 0 Å². The summed E-state index contributed by atoms with van der Waals surface area (Å²) in [5.74, 6) is -3.75. The highest BCUT2D eigenvalue weighted by Gasteiger charge is 2.68. The number of carbonyl (C=O) groups is 5. The van der Waals surface area contributed by atoms with Gasteiger partial charge in [0.25, 0.3) is 6.10 Å². The summed E-state index contributed by atoms with van der Waals surface area (Å²) in [6.07, 6.45) is -8.03. The summed E-state index contributed by atoms with van der Waals surface area (Å²) in [5.41, 5.74) is -0.742. The largest absolute Gasteiger partial charge is 0.743 e. The predicted octanol–water partition coefficient (Wildman–Crippen LogP) is 6.01. The molecule has 13 nitrogen and oxygen atoms in total. The van der Waals surface area contributed by atoms with E-state index >= 15 is 0 Å². The lowest BCUT2D eigenvalue weighted by atomic mass is 9.43. The van der Waals surface area contributed by atoms with Gasteiger partial charge in [0.15, 0.2) is 10.1 Å². The monoisotopic (exact) mass is 831 g/mol. The van der Waals surface area contributed by atoms with Gasteiger partial charge in [-0.25, -0.2) is 8.42 Å². The molecule has 4 aliphatic rings. The molecule has 0 amide bonds. The second-order valence-corrected chi connectivity index (χ2v) is 18.0. The topological polar surface area (TPSA) is 189 Å². The van der Waals surface area contributed by atoms with Gasteiger partial charge in [-0.15, -0.1) is 0 Å². The normalized spacial score (nSPS) is 34.1. The van der Waals surface area contributed by atoms with Gasteiger partial charge in [-0.1, -0.05) is 20.8 Å². The SMILES string of the molecule is CC(=O)OC1CC[C@@]2(C)[C@@H](C1)CC(OC(C)=O)[C@@H]1[C@@H]2CC(OC(C)=O)[C@]2(C)[C@@H]([C@H](C)CCC(=O)OCCCC(=O)OC(C(F)(F)F)C(F)(F)S(=O)(=O)[O-])CC[C@@H]12. The van der Waals surface area contributed by atoms with Crippen molar-refractivity contribution in [1.29, 1.82) is 0 Å². The molecule has 0 aromatic rings. The van der Waals surface area contributed by atoms with Crippen molar-refractivity contribution in [2.75, 3.05) is 6.61 Å². The van der Waals surface area contributed by atoms with Gasteiger partial charge in [-0.3, -0.25) is 24.0 Å². The van der Waals surface area contributed by atoms with E-state index in [1.807, 2.05) is 6.92 Å². The standard InChI is InChI=1S/C37H53F5O13S/c1-19(9-12-30(46)51-15-7-8-31(47)55-33(36(38,39)40)37(41,42)56(48,49)50)25-10-11-26-32-27(18-29(35(25,26)6)54-22(4)45)34(5)14-13-24(52-20(2)43)16-23(34)17-28(32)53-21(3)44/h19,23-29,32-33H,7-18H2,1-6H3,(H,48,49,50)/p-1/t19-,23+,24?,25-,26+,27+,28?,29?,32+,33?,34+,35-/m1/s1. The lowest BCUT2D eigenvalue weighted by molar-refractivity contribution is -0.259. The average molecular weight is 832 g/mol. The van der Waals surface area contributed by atoms with E-state index in [9.17, 15) is 58.9 Å². The Bertz CT molecular complexity index is 1600. The molecule has 0 radical (unpaired) electrons. The summed E-state index contributed by atoms with van der Waals surface area (Å²) in [5, 5.41) is -5.97. The first-order chi connectivity index (χ1) is 25.7. The zero-order chi connectivity index (χ0) is 42.2. The molecule has 0 aromatic carbocycles. The number of carbonyl (C=O) groups excluding carboxylic acids is 5. The summed E-state index contributed by atoms with van der Waals surface area (Å²) in [4.78, 5) is 61.4. The van der Waals surface area contributed by atoms with Crippen LogP contribution in [0.15, 0.2) is 0 Å². The fourth-order valence-electron chi connectivity index (χ4n) is 10.8. The van der Waals surface area contributed by atoms with Crippen LogP contribution in [-0.4, -0.2) is 85.3 Å². The van der Waals surface area contributed by atoms with Gasteiger partial charge in [0.1, 0.15) is 18.3 Å². The van der Waals surface area contributed by atoms with Crippen molar-refractivity contribution in [3.63, 3.8) is 0 Å². The van der Waals surface area contributed by atoms with Crippen molar-refractivity contribution >= 4 is 40.0 Å². The molecule has 4 rings (SSSR count). The summed E-state index contributed by atoms with van der Waals surface area (Å²) in [6.45, 7) is 9.98. The van der Waals surface area contributed by atoms with Crippen LogP contribution in [0.2, 0.25) is 0 Å². The predicted molar refractivity (Wildman–Crippen MR) is 182 cm³/mol. The fourth-order valence-corrected chi connectivity index (χ4v) is 11.2. The number of alkyl halides is 5. The molecule has 0 bridgehead atoms. The van der Waals surface area contributed by atoms with Gasteiger partial charge in [-0.05, 0) is 92.8 Å². The van der Waals surface area contributed by atoms with Gasteiger partial charge < -0.3 is 28.2 Å². The summed E-state index contributed by atoms with van der Waals surface area (Å²) in [7, 11) is -6.83. The molecule has 0 aliphatic heterocycles. The Morgan fingerprint density at radius 2 is 1.45 bits per heavy atom. The number of halogens is 5. The molecular formula is C37H52F5O13S-. The Morgan fingerprint density at radius 1 is 0.821 bits per heavy atom. The average Bonchev–Trinajstić information content (AvgIpc) is 3.41. The van der Waals surface area contributed by atoms with Crippen LogP contribution in [0.25, 0.3) is 0 Å². The van der Waals surface area contributed by atoms with Crippen LogP contribution >= 0.6 is 0 Å². The van der Waals surface area contributed by atoms with E-state index in [4.69, 9.17) is 18.9 Å². The van der Waals surface area contributed by atoms with Crippen LogP contribution in [0, 0.1) is 46.3 Å². The van der Waals surface area contributed by atoms with E-state index < -0.39 is 88.6 Å². The molecule has 0 aromatic heterocycles. The van der Waals surface area contributed by atoms with Crippen molar-refractivity contribution in [1.82, 2.24) is 0 Å². The van der Waals surface area contributed by atoms with E-state index in [0.717, 1.165) is 19.3 Å². The molecule has 4 fully saturated rings. The van der Waals surface area contributed by atoms with Crippen LogP contribution in [0.1, 0.15) is 112 Å². The maximum Gasteiger partial charge on any atom is 0.432 e. The Morgan fingerprint density at radius 3 is 2.02 bits per heavy atom. The summed E-state index contributed by atoms with van der Waals surface area (Å²) >= 11 is 0. The van der Waals surface area contributed by atoms with Crippen LogP contribution < -0.4 is 0 Å². The zero-order valence-corrected chi connectivity index (χ0v) is 33.2. The molecule has 56 heavy (non-hydrogen) atoms. The molecule has 4 aliphatic carbocycles. The van der Waals surface area contributed by atoms with Crippen LogP contribution in [-0.2, 0) is 57.8 Å². The number of fused-ring (bicyclic) bond motifs is 5. The van der Waals surface area contributed by atoms with Gasteiger partial charge in [0.05, 0.1) is 6.61 Å². The van der Waals surface area contributed by atoms with Crippen LogP contribution in [0.3, 0.4) is 0 Å². The minimum Gasteiger partial charge on any atom is -0.743 e. The highest BCUT2D eigenvalue weighted by Crippen LogP contribution is 2.69. The Labute approximate surface area is 323 Å². The van der Waals surface area contributed by atoms with Crippen molar-refractivity contribution < 1.29 is 82.6 Å². The minimum atomic E-state index is -6.83. The first kappa shape index (κ1) is 45.6. The Balaban J connectivity index is 1.41. The lowest BCUT2D eigenvalue weighted by Crippen LogP contribution is -2.63. The van der Waals surface area contributed by atoms with Crippen molar-refractivity contribution in [2.24, 2.45) is 46.3 Å². The molecule has 19 heteroatoms. The van der Waals surface area contributed by atoms with Gasteiger partial charge in [0.2, 0.25) is 0 Å². The third-order valence-corrected chi connectivity index (χ3v) is 14.1. The second kappa shape index (κ2) is 17.0. The van der Waals surface area contributed by atoms with E-state index in [2.05, 4.69) is 18.6 Å². The lowest BCUT2D eigenvalue weighted by Gasteiger charge is -2.64. The molecule has 0 spiro atoms. The first-order valence-corrected chi connectivity index (χ1v) is 20.4. The third-order valence-electron chi connectivity index (χ3n) is 13.2. The van der Waals surface area contributed by atoms with Crippen LogP contribution in [0.4, 0.5) is 22.0 Å². The molecule has 0 heterocycles. The van der Waals surface area contributed by atoms with E-state index in [-0.39, 0.29) is 59.4 Å². The molecule has 0 N–H and O–H groups in total. The van der Waals surface area contributed by atoms with Crippen molar-refractivity contribution in [2.45, 2.75) is 148 Å². The smallest absolute Gasteiger partial charge is 0.432 e. The molecule has 12 atom stereocenters. The Hall–Kier alpha value is -3.09. The summed E-state index contributed by atoms with van der Waals surface area (Å²) < 4.78 is 125. The molecule has 4 saturated carbocycles. The van der Waals surface area contributed by atoms with E-state index in [1.165, 1.54) is 20.8 Å². The maximum atomic E-state index is 13.6. The van der Waals surface area contributed by atoms with Crippen molar-refractivity contribution in [3.05, 3.63) is 0 Å². The first-order valence-electron chi connectivity index (χ1n) is 19.0. The number of rotatable bonds is 14. The number of hydrogen-bond donors (Lipinski definition) is 0. The molecule has 320 valence electrons. The Kier molecular flexibility index (Phi) is 13.9. The molecule has 0 saturated heterocycles. The number of ether oxygens (including phenoxy) is 5. The van der Waals surface area contributed by atoms with E-state index in [1.54, 1.807) is 0 Å². The van der Waals surface area contributed by atoms with Gasteiger partial charge in [-0.2, -0.15) is 22.0 Å². The quantitative estimate of drug-likeness (QED) is 0.0651. The third kappa shape index (κ3) is 9.60. The van der Waals surface area contributed by atoms with Crippen LogP contribution in [0.5, 0.6) is 0 Å². The van der Waals surface area contributed by atoms with E-state index in [0.29, 0.717) is 32.1 Å². The van der Waals surface area contributed by atoms with Gasteiger partial charge in [0, 0.05) is 44.9 Å². The second-order valence-electron chi connectivity index (χ2n) is 16.5. The maximum absolute atomic E-state index is 13.6. The fraction of sp³-hybridized carbons (Fsp3) is 0.865. The molecular weight excluding hydrogens is 779 g/mol. The number of esters is 5. The zero-order valence-electron chi connectivity index (χ0n) is 32.4. The number of hydrogen-bond acceptors (Lipinski definition) is 13. The molecule has 4 unspecified atom stereocenters. The minimum absolute atomic E-state index is 0.00344. The van der Waals surface area contributed by atoms with Gasteiger partial charge >= 0.3 is 41.3 Å². The summed E-state index contributed by atoms with van der Waals surface area (Å²) in [6, 6.07) is 0. The highest BCUT2D eigenvalue weighted by atomic mass is 32.2. The highest BCUT2D eigenvalue weighted by molar-refractivity contribution is 7.86.